The summed E-state index contributed by atoms with van der Waals surface area (Å²) in [6.07, 6.45) is 0. The maximum atomic E-state index is 12.2. The lowest BCUT2D eigenvalue weighted by Crippen LogP contribution is -2.12. The molecule has 0 aliphatic rings. The molecule has 0 unspecified atom stereocenters. The standard InChI is InChI=1S/C16H16ClNO4/c1-3-22-14-7-5-11(9-15(14)21-2)18-16(20)10-4-6-13(19)12(17)8-10/h4-9,19H,3H2,1-2H3,(H,18,20). The summed E-state index contributed by atoms with van der Waals surface area (Å²) in [5.74, 6) is 0.730. The van der Waals surface area contributed by atoms with Gasteiger partial charge in [0, 0.05) is 17.3 Å². The van der Waals surface area contributed by atoms with Gasteiger partial charge in [-0.1, -0.05) is 11.6 Å². The van der Waals surface area contributed by atoms with Crippen LogP contribution in [0, 0.1) is 0 Å². The predicted molar refractivity (Wildman–Crippen MR) is 85.2 cm³/mol. The SMILES string of the molecule is CCOc1ccc(NC(=O)c2ccc(O)c(Cl)c2)cc1OC. The Labute approximate surface area is 133 Å². The topological polar surface area (TPSA) is 67.8 Å². The molecule has 0 saturated heterocycles. The zero-order chi connectivity index (χ0) is 16.1. The molecule has 5 nitrogen and oxygen atoms in total. The molecule has 2 aromatic rings. The summed E-state index contributed by atoms with van der Waals surface area (Å²) in [6, 6.07) is 9.37. The number of amides is 1. The fourth-order valence-electron chi connectivity index (χ4n) is 1.87. The van der Waals surface area contributed by atoms with E-state index in [1.165, 1.54) is 25.3 Å². The van der Waals surface area contributed by atoms with Crippen LogP contribution in [-0.4, -0.2) is 24.7 Å². The van der Waals surface area contributed by atoms with Crippen LogP contribution in [0.2, 0.25) is 5.02 Å². The van der Waals surface area contributed by atoms with Crippen molar-refractivity contribution in [3.05, 3.63) is 47.0 Å². The van der Waals surface area contributed by atoms with E-state index in [1.54, 1.807) is 18.2 Å². The van der Waals surface area contributed by atoms with Gasteiger partial charge in [-0.05, 0) is 37.3 Å². The zero-order valence-electron chi connectivity index (χ0n) is 12.2. The van der Waals surface area contributed by atoms with E-state index in [1.807, 2.05) is 6.92 Å². The Morgan fingerprint density at radius 3 is 2.64 bits per heavy atom. The van der Waals surface area contributed by atoms with Crippen LogP contribution >= 0.6 is 11.6 Å². The predicted octanol–water partition coefficient (Wildman–Crippen LogP) is 3.71. The van der Waals surface area contributed by atoms with E-state index in [9.17, 15) is 9.90 Å². The van der Waals surface area contributed by atoms with Gasteiger partial charge in [-0.15, -0.1) is 0 Å². The van der Waals surface area contributed by atoms with Crippen LogP contribution in [0.4, 0.5) is 5.69 Å². The first kappa shape index (κ1) is 16.0. The largest absolute Gasteiger partial charge is 0.506 e. The van der Waals surface area contributed by atoms with Crippen LogP contribution in [0.1, 0.15) is 17.3 Å². The number of carbonyl (C=O) groups excluding carboxylic acids is 1. The lowest BCUT2D eigenvalue weighted by atomic mass is 10.2. The smallest absolute Gasteiger partial charge is 0.255 e. The summed E-state index contributed by atoms with van der Waals surface area (Å²) in [6.45, 7) is 2.40. The molecule has 0 aliphatic carbocycles. The van der Waals surface area contributed by atoms with E-state index >= 15 is 0 Å². The van der Waals surface area contributed by atoms with Crippen molar-refractivity contribution in [2.24, 2.45) is 0 Å². The van der Waals surface area contributed by atoms with E-state index in [0.29, 0.717) is 29.4 Å². The molecular formula is C16H16ClNO4. The van der Waals surface area contributed by atoms with Gasteiger partial charge >= 0.3 is 0 Å². The number of methoxy groups -OCH3 is 1. The molecule has 0 saturated carbocycles. The van der Waals surface area contributed by atoms with Crippen molar-refractivity contribution in [1.82, 2.24) is 0 Å². The maximum Gasteiger partial charge on any atom is 0.255 e. The number of aromatic hydroxyl groups is 1. The van der Waals surface area contributed by atoms with E-state index in [2.05, 4.69) is 5.32 Å². The highest BCUT2D eigenvalue weighted by molar-refractivity contribution is 6.32. The van der Waals surface area contributed by atoms with Gasteiger partial charge in [-0.3, -0.25) is 4.79 Å². The number of hydrogen-bond donors (Lipinski definition) is 2. The minimum atomic E-state index is -0.340. The molecule has 0 fully saturated rings. The van der Waals surface area contributed by atoms with E-state index < -0.39 is 0 Å². The summed E-state index contributed by atoms with van der Waals surface area (Å²) in [4.78, 5) is 12.2. The number of phenolic OH excluding ortho intramolecular Hbond substituents is 1. The van der Waals surface area contributed by atoms with E-state index in [4.69, 9.17) is 21.1 Å². The highest BCUT2D eigenvalue weighted by atomic mass is 35.5. The molecule has 0 bridgehead atoms. The first-order valence-electron chi connectivity index (χ1n) is 6.66. The normalized spacial score (nSPS) is 10.1. The molecule has 0 aliphatic heterocycles. The summed E-state index contributed by atoms with van der Waals surface area (Å²) in [5, 5.41) is 12.2. The Balaban J connectivity index is 2.19. The third kappa shape index (κ3) is 3.62. The summed E-state index contributed by atoms with van der Waals surface area (Å²) < 4.78 is 10.6. The van der Waals surface area contributed by atoms with Gasteiger partial charge in [0.05, 0.1) is 18.7 Å². The van der Waals surface area contributed by atoms with E-state index in [0.717, 1.165) is 0 Å². The number of benzene rings is 2. The highest BCUT2D eigenvalue weighted by Gasteiger charge is 2.11. The third-order valence-corrected chi connectivity index (χ3v) is 3.23. The van der Waals surface area contributed by atoms with Crippen molar-refractivity contribution in [3.8, 4) is 17.2 Å². The van der Waals surface area contributed by atoms with Crippen molar-refractivity contribution in [1.29, 1.82) is 0 Å². The second-order valence-electron chi connectivity index (χ2n) is 4.42. The molecule has 2 N–H and O–H groups in total. The molecule has 6 heteroatoms. The summed E-state index contributed by atoms with van der Waals surface area (Å²) in [7, 11) is 1.53. The molecule has 2 aromatic carbocycles. The number of rotatable bonds is 5. The quantitative estimate of drug-likeness (QED) is 0.881. The molecule has 0 atom stereocenters. The Morgan fingerprint density at radius 2 is 2.00 bits per heavy atom. The Bertz CT molecular complexity index is 688. The van der Waals surface area contributed by atoms with Crippen LogP contribution in [0.5, 0.6) is 17.2 Å². The molecular weight excluding hydrogens is 306 g/mol. The molecule has 116 valence electrons. The first-order chi connectivity index (χ1) is 10.5. The third-order valence-electron chi connectivity index (χ3n) is 2.93. The van der Waals surface area contributed by atoms with Crippen LogP contribution in [-0.2, 0) is 0 Å². The average molecular weight is 322 g/mol. The van der Waals surface area contributed by atoms with Gasteiger partial charge in [0.15, 0.2) is 11.5 Å². The molecule has 1 amide bonds. The molecule has 0 aromatic heterocycles. The minimum Gasteiger partial charge on any atom is -0.506 e. The fraction of sp³-hybridized carbons (Fsp3) is 0.188. The van der Waals surface area contributed by atoms with Crippen LogP contribution in [0.15, 0.2) is 36.4 Å². The lowest BCUT2D eigenvalue weighted by Gasteiger charge is -2.12. The minimum absolute atomic E-state index is 0.0686. The van der Waals surface area contributed by atoms with Crippen molar-refractivity contribution in [2.75, 3.05) is 19.0 Å². The van der Waals surface area contributed by atoms with Crippen molar-refractivity contribution < 1.29 is 19.4 Å². The number of ether oxygens (including phenoxy) is 2. The number of halogens is 1. The molecule has 2 rings (SSSR count). The maximum absolute atomic E-state index is 12.2. The first-order valence-corrected chi connectivity index (χ1v) is 7.03. The Kier molecular flexibility index (Phi) is 5.12. The molecule has 0 heterocycles. The lowest BCUT2D eigenvalue weighted by molar-refractivity contribution is 0.102. The Morgan fingerprint density at radius 1 is 1.23 bits per heavy atom. The molecule has 0 radical (unpaired) electrons. The summed E-state index contributed by atoms with van der Waals surface area (Å²) in [5.41, 5.74) is 0.908. The van der Waals surface area contributed by atoms with Crippen molar-refractivity contribution in [2.45, 2.75) is 6.92 Å². The Hall–Kier alpha value is -2.40. The van der Waals surface area contributed by atoms with Crippen LogP contribution in [0.3, 0.4) is 0 Å². The van der Waals surface area contributed by atoms with Gasteiger partial charge in [0.2, 0.25) is 0 Å². The number of nitrogens with one attached hydrogen (secondary N) is 1. The monoisotopic (exact) mass is 321 g/mol. The molecule has 0 spiro atoms. The van der Waals surface area contributed by atoms with Gasteiger partial charge in [0.1, 0.15) is 5.75 Å². The van der Waals surface area contributed by atoms with Crippen molar-refractivity contribution >= 4 is 23.2 Å². The number of carbonyl (C=O) groups is 1. The van der Waals surface area contributed by atoms with Crippen LogP contribution < -0.4 is 14.8 Å². The second-order valence-corrected chi connectivity index (χ2v) is 4.83. The van der Waals surface area contributed by atoms with Gasteiger partial charge < -0.3 is 19.9 Å². The fourth-order valence-corrected chi connectivity index (χ4v) is 2.05. The number of phenols is 1. The highest BCUT2D eigenvalue weighted by Crippen LogP contribution is 2.30. The number of hydrogen-bond acceptors (Lipinski definition) is 4. The average Bonchev–Trinajstić information content (AvgIpc) is 2.51. The zero-order valence-corrected chi connectivity index (χ0v) is 13.0. The van der Waals surface area contributed by atoms with Crippen LogP contribution in [0.25, 0.3) is 0 Å². The summed E-state index contributed by atoms with van der Waals surface area (Å²) >= 11 is 5.80. The van der Waals surface area contributed by atoms with Gasteiger partial charge in [-0.25, -0.2) is 0 Å². The van der Waals surface area contributed by atoms with E-state index in [-0.39, 0.29) is 16.7 Å². The number of anilines is 1. The second kappa shape index (κ2) is 7.04. The van der Waals surface area contributed by atoms with Crippen molar-refractivity contribution in [3.63, 3.8) is 0 Å². The molecule has 22 heavy (non-hydrogen) atoms. The van der Waals surface area contributed by atoms with Gasteiger partial charge in [0.25, 0.3) is 5.91 Å². The van der Waals surface area contributed by atoms with Gasteiger partial charge in [-0.2, -0.15) is 0 Å².